The molecule has 0 bridgehead atoms. The lowest BCUT2D eigenvalue weighted by atomic mass is 9.88. The lowest BCUT2D eigenvalue weighted by Gasteiger charge is -2.48. The molecule has 25 heavy (non-hydrogen) atoms. The minimum atomic E-state index is -0.391. The van der Waals surface area contributed by atoms with Crippen molar-refractivity contribution in [1.29, 1.82) is 5.26 Å². The van der Waals surface area contributed by atoms with Crippen LogP contribution in [-0.2, 0) is 19.7 Å². The highest BCUT2D eigenvalue weighted by molar-refractivity contribution is 5.91. The van der Waals surface area contributed by atoms with Gasteiger partial charge in [-0.1, -0.05) is 12.1 Å². The van der Waals surface area contributed by atoms with E-state index in [2.05, 4.69) is 13.0 Å². The van der Waals surface area contributed by atoms with Crippen LogP contribution in [-0.4, -0.2) is 48.8 Å². The minimum Gasteiger partial charge on any atom is -0.381 e. The van der Waals surface area contributed by atoms with Crippen molar-refractivity contribution in [2.75, 3.05) is 26.3 Å². The van der Waals surface area contributed by atoms with E-state index in [4.69, 9.17) is 14.7 Å². The smallest absolute Gasteiger partial charge is 0.233 e. The van der Waals surface area contributed by atoms with Crippen LogP contribution in [0.25, 0.3) is 0 Å². The number of hydrogen-bond acceptors (Lipinski definition) is 4. The molecule has 1 unspecified atom stereocenters. The first kappa shape index (κ1) is 16.6. The van der Waals surface area contributed by atoms with Crippen molar-refractivity contribution in [2.24, 2.45) is 0 Å². The second-order valence-electron chi connectivity index (χ2n) is 7.68. The fourth-order valence-electron chi connectivity index (χ4n) is 4.32. The summed E-state index contributed by atoms with van der Waals surface area (Å²) >= 11 is 0. The molecule has 4 rings (SSSR count). The van der Waals surface area contributed by atoms with Gasteiger partial charge in [-0.05, 0) is 37.5 Å². The van der Waals surface area contributed by atoms with Crippen molar-refractivity contribution in [3.63, 3.8) is 0 Å². The number of carbonyl (C=O) groups excluding carboxylic acids is 1. The highest BCUT2D eigenvalue weighted by atomic mass is 16.5. The van der Waals surface area contributed by atoms with Crippen molar-refractivity contribution in [3.8, 4) is 6.07 Å². The Morgan fingerprint density at radius 2 is 1.88 bits per heavy atom. The highest BCUT2D eigenvalue weighted by Crippen LogP contribution is 2.50. The van der Waals surface area contributed by atoms with E-state index >= 15 is 0 Å². The third-order valence-electron chi connectivity index (χ3n) is 5.82. The van der Waals surface area contributed by atoms with Crippen LogP contribution in [0.4, 0.5) is 0 Å². The summed E-state index contributed by atoms with van der Waals surface area (Å²) in [5, 5.41) is 8.98. The molecule has 1 amide bonds. The van der Waals surface area contributed by atoms with Gasteiger partial charge in [0.05, 0.1) is 28.8 Å². The Hall–Kier alpha value is -1.90. The van der Waals surface area contributed by atoms with E-state index in [1.165, 1.54) is 0 Å². The van der Waals surface area contributed by atoms with E-state index in [1.807, 2.05) is 29.2 Å². The number of ether oxygens (including phenoxy) is 2. The molecule has 2 heterocycles. The maximum atomic E-state index is 13.4. The Kier molecular flexibility index (Phi) is 4.05. The van der Waals surface area contributed by atoms with Gasteiger partial charge in [-0.2, -0.15) is 5.26 Å². The van der Waals surface area contributed by atoms with Crippen molar-refractivity contribution < 1.29 is 14.3 Å². The van der Waals surface area contributed by atoms with E-state index in [1.54, 1.807) is 0 Å². The molecule has 1 saturated carbocycles. The van der Waals surface area contributed by atoms with Crippen LogP contribution < -0.4 is 0 Å². The highest BCUT2D eigenvalue weighted by Gasteiger charge is 2.55. The summed E-state index contributed by atoms with van der Waals surface area (Å²) in [6.45, 7) is 4.78. The molecule has 0 N–H and O–H groups in total. The molecule has 1 aliphatic carbocycles. The predicted molar refractivity (Wildman–Crippen MR) is 92.0 cm³/mol. The molecule has 5 heteroatoms. The van der Waals surface area contributed by atoms with Crippen molar-refractivity contribution in [2.45, 2.75) is 49.7 Å². The second-order valence-corrected chi connectivity index (χ2v) is 7.68. The number of nitriles is 1. The molecule has 2 aliphatic heterocycles. The molecule has 3 fully saturated rings. The van der Waals surface area contributed by atoms with Crippen LogP contribution >= 0.6 is 0 Å². The third kappa shape index (κ3) is 2.94. The number of morpholine rings is 1. The van der Waals surface area contributed by atoms with Crippen LogP contribution in [0, 0.1) is 11.3 Å². The molecule has 1 aromatic rings. The quantitative estimate of drug-likeness (QED) is 0.829. The first-order valence-electron chi connectivity index (χ1n) is 9.13. The summed E-state index contributed by atoms with van der Waals surface area (Å²) in [5.41, 5.74) is 1.04. The van der Waals surface area contributed by atoms with E-state index in [-0.39, 0.29) is 17.6 Å². The molecule has 2 saturated heterocycles. The predicted octanol–water partition coefficient (Wildman–Crippen LogP) is 2.39. The topological polar surface area (TPSA) is 62.6 Å². The fourth-order valence-corrected chi connectivity index (χ4v) is 4.32. The molecule has 5 nitrogen and oxygen atoms in total. The number of benzene rings is 1. The Morgan fingerprint density at radius 1 is 1.20 bits per heavy atom. The van der Waals surface area contributed by atoms with Crippen molar-refractivity contribution in [1.82, 2.24) is 4.90 Å². The summed E-state index contributed by atoms with van der Waals surface area (Å²) in [6, 6.07) is 9.64. The third-order valence-corrected chi connectivity index (χ3v) is 5.82. The molecule has 1 aromatic carbocycles. The van der Waals surface area contributed by atoms with Crippen LogP contribution in [0.2, 0.25) is 0 Å². The normalized spacial score (nSPS) is 26.9. The minimum absolute atomic E-state index is 0.0487. The lowest BCUT2D eigenvalue weighted by Crippen LogP contribution is -2.60. The molecule has 3 aliphatic rings. The first-order valence-corrected chi connectivity index (χ1v) is 9.13. The van der Waals surface area contributed by atoms with Crippen LogP contribution in [0.5, 0.6) is 0 Å². The van der Waals surface area contributed by atoms with Gasteiger partial charge < -0.3 is 14.4 Å². The van der Waals surface area contributed by atoms with Gasteiger partial charge in [0, 0.05) is 39.1 Å². The Labute approximate surface area is 148 Å². The molecular formula is C20H24N2O3. The van der Waals surface area contributed by atoms with Crippen LogP contribution in [0.15, 0.2) is 24.3 Å². The zero-order valence-corrected chi connectivity index (χ0v) is 14.7. The van der Waals surface area contributed by atoms with Crippen molar-refractivity contribution in [3.05, 3.63) is 35.4 Å². The monoisotopic (exact) mass is 340 g/mol. The first-order chi connectivity index (χ1) is 12.1. The zero-order chi connectivity index (χ0) is 17.5. The molecule has 1 spiro atoms. The lowest BCUT2D eigenvalue weighted by molar-refractivity contribution is -0.190. The molecule has 1 atom stereocenters. The van der Waals surface area contributed by atoms with Crippen LogP contribution in [0.1, 0.15) is 43.7 Å². The number of nitrogens with zero attached hydrogens (tertiary/aromatic N) is 2. The van der Waals surface area contributed by atoms with Gasteiger partial charge in [-0.25, -0.2) is 0 Å². The average molecular weight is 340 g/mol. The summed E-state index contributed by atoms with van der Waals surface area (Å²) in [7, 11) is 0. The second kappa shape index (κ2) is 6.12. The zero-order valence-electron chi connectivity index (χ0n) is 14.7. The number of rotatable bonds is 2. The van der Waals surface area contributed by atoms with Gasteiger partial charge in [0.1, 0.15) is 0 Å². The summed E-state index contributed by atoms with van der Waals surface area (Å²) in [5.74, 6) is 0.221. The van der Waals surface area contributed by atoms with E-state index < -0.39 is 5.41 Å². The van der Waals surface area contributed by atoms with Gasteiger partial charge in [0.25, 0.3) is 0 Å². The van der Waals surface area contributed by atoms with Gasteiger partial charge in [-0.15, -0.1) is 0 Å². The average Bonchev–Trinajstić information content (AvgIpc) is 3.43. The summed E-state index contributed by atoms with van der Waals surface area (Å²) in [4.78, 5) is 15.4. The standard InChI is InChI=1S/C20H24N2O3/c1-15-13-22(14-19(25-15)8-10-24-11-9-19)18(23)20(6-7-20)17-4-2-16(12-21)3-5-17/h2-5,15H,6-11,13-14H2,1H3. The molecule has 0 radical (unpaired) electrons. The van der Waals surface area contributed by atoms with Gasteiger partial charge in [0.2, 0.25) is 5.91 Å². The maximum Gasteiger partial charge on any atom is 0.233 e. The van der Waals surface area contributed by atoms with Gasteiger partial charge in [0.15, 0.2) is 0 Å². The largest absolute Gasteiger partial charge is 0.381 e. The fraction of sp³-hybridized carbons (Fsp3) is 0.600. The Bertz CT molecular complexity index is 697. The van der Waals surface area contributed by atoms with E-state index in [9.17, 15) is 4.79 Å². The summed E-state index contributed by atoms with van der Waals surface area (Å²) in [6.07, 6.45) is 3.53. The van der Waals surface area contributed by atoms with Crippen molar-refractivity contribution >= 4 is 5.91 Å². The number of amides is 1. The molecule has 132 valence electrons. The van der Waals surface area contributed by atoms with Crippen LogP contribution in [0.3, 0.4) is 0 Å². The Morgan fingerprint density at radius 3 is 2.48 bits per heavy atom. The molecular weight excluding hydrogens is 316 g/mol. The van der Waals surface area contributed by atoms with Gasteiger partial charge in [-0.3, -0.25) is 4.79 Å². The SMILES string of the molecule is CC1CN(C(=O)C2(c3ccc(C#N)cc3)CC2)CC2(CCOCC2)O1. The van der Waals surface area contributed by atoms with Gasteiger partial charge >= 0.3 is 0 Å². The number of carbonyl (C=O) groups is 1. The van der Waals surface area contributed by atoms with E-state index in [0.29, 0.717) is 31.9 Å². The maximum absolute atomic E-state index is 13.4. The number of hydrogen-bond donors (Lipinski definition) is 0. The molecule has 0 aromatic heterocycles. The van der Waals surface area contributed by atoms with E-state index in [0.717, 1.165) is 31.2 Å². The summed E-state index contributed by atoms with van der Waals surface area (Å²) < 4.78 is 11.7. The Balaban J connectivity index is 1.56.